The Morgan fingerprint density at radius 3 is 2.45 bits per heavy atom. The van der Waals surface area contributed by atoms with Crippen LogP contribution in [0, 0.1) is 0 Å². The lowest BCUT2D eigenvalue weighted by atomic mass is 10.0. The number of hydrogen-bond acceptors (Lipinski definition) is 3. The van der Waals surface area contributed by atoms with Crippen molar-refractivity contribution in [1.82, 2.24) is 0 Å². The number of carbonyl (C=O) groups is 1. The third-order valence-electron chi connectivity index (χ3n) is 4.93. The van der Waals surface area contributed by atoms with Crippen LogP contribution in [0.15, 0.2) is 77.7 Å². The highest BCUT2D eigenvalue weighted by atomic mass is 32.2. The van der Waals surface area contributed by atoms with Crippen LogP contribution in [0.1, 0.15) is 22.3 Å². The third kappa shape index (κ3) is 4.17. The molecule has 1 atom stereocenters. The van der Waals surface area contributed by atoms with E-state index in [-0.39, 0.29) is 5.91 Å². The largest absolute Gasteiger partial charge is 0.497 e. The van der Waals surface area contributed by atoms with Crippen molar-refractivity contribution < 1.29 is 13.7 Å². The SMILES string of the molecule is COc1ccc(NC(=O)c2ccc(S(=O)N3CCCc4ccccc43)cc2)cc1. The average molecular weight is 407 g/mol. The molecule has 0 spiro atoms. The van der Waals surface area contributed by atoms with E-state index in [0.29, 0.717) is 16.1 Å². The minimum atomic E-state index is -1.31. The minimum Gasteiger partial charge on any atom is -0.497 e. The molecule has 0 radical (unpaired) electrons. The summed E-state index contributed by atoms with van der Waals surface area (Å²) in [6.45, 7) is 0.753. The number of rotatable bonds is 5. The number of fused-ring (bicyclic) bond motifs is 1. The number of aryl methyl sites for hydroxylation is 1. The molecule has 0 aromatic heterocycles. The first-order chi connectivity index (χ1) is 14.2. The Morgan fingerprint density at radius 1 is 1.00 bits per heavy atom. The highest BCUT2D eigenvalue weighted by molar-refractivity contribution is 7.86. The molecular formula is C23H22N2O3S. The molecule has 29 heavy (non-hydrogen) atoms. The van der Waals surface area contributed by atoms with Gasteiger partial charge in [0.1, 0.15) is 5.75 Å². The van der Waals surface area contributed by atoms with Gasteiger partial charge >= 0.3 is 0 Å². The van der Waals surface area contributed by atoms with Gasteiger partial charge in [-0.05, 0) is 73.0 Å². The van der Waals surface area contributed by atoms with Crippen LogP contribution in [0.4, 0.5) is 11.4 Å². The quantitative estimate of drug-likeness (QED) is 0.682. The van der Waals surface area contributed by atoms with Crippen molar-refractivity contribution in [2.45, 2.75) is 17.7 Å². The first-order valence-corrected chi connectivity index (χ1v) is 10.6. The standard InChI is InChI=1S/C23H22N2O3S/c1-28-20-12-10-19(11-13-20)24-23(26)18-8-14-21(15-9-18)29(27)25-16-4-6-17-5-2-3-7-22(17)25/h2-3,5,7-15H,4,6,16H2,1H3,(H,24,26). The Balaban J connectivity index is 1.47. The number of nitrogens with zero attached hydrogens (tertiary/aromatic N) is 1. The maximum Gasteiger partial charge on any atom is 0.255 e. The zero-order chi connectivity index (χ0) is 20.2. The van der Waals surface area contributed by atoms with E-state index >= 15 is 0 Å². The molecule has 148 valence electrons. The highest BCUT2D eigenvalue weighted by Crippen LogP contribution is 2.30. The lowest BCUT2D eigenvalue weighted by Gasteiger charge is -2.29. The topological polar surface area (TPSA) is 58.6 Å². The molecule has 1 aliphatic rings. The molecule has 4 rings (SSSR count). The normalized spacial score (nSPS) is 14.0. The number of ether oxygens (including phenoxy) is 1. The third-order valence-corrected chi connectivity index (χ3v) is 6.39. The molecule has 1 aliphatic heterocycles. The van der Waals surface area contributed by atoms with Crippen molar-refractivity contribution in [2.24, 2.45) is 0 Å². The number of amides is 1. The molecule has 1 heterocycles. The van der Waals surface area contributed by atoms with Crippen molar-refractivity contribution >= 4 is 28.3 Å². The van der Waals surface area contributed by atoms with Gasteiger partial charge in [0, 0.05) is 17.8 Å². The van der Waals surface area contributed by atoms with Gasteiger partial charge in [-0.2, -0.15) is 0 Å². The number of para-hydroxylation sites is 1. The summed E-state index contributed by atoms with van der Waals surface area (Å²) in [5, 5.41) is 2.85. The van der Waals surface area contributed by atoms with Gasteiger partial charge in [-0.1, -0.05) is 18.2 Å². The summed E-state index contributed by atoms with van der Waals surface area (Å²) in [6, 6.07) is 22.2. The van der Waals surface area contributed by atoms with Gasteiger partial charge in [0.05, 0.1) is 17.7 Å². The predicted octanol–water partition coefficient (Wildman–Crippen LogP) is 4.42. The van der Waals surface area contributed by atoms with Crippen LogP contribution < -0.4 is 14.4 Å². The van der Waals surface area contributed by atoms with Crippen LogP contribution >= 0.6 is 0 Å². The molecule has 0 bridgehead atoms. The highest BCUT2D eigenvalue weighted by Gasteiger charge is 2.22. The van der Waals surface area contributed by atoms with Crippen LogP contribution in [0.5, 0.6) is 5.75 Å². The first-order valence-electron chi connectivity index (χ1n) is 9.48. The first kappa shape index (κ1) is 19.2. The van der Waals surface area contributed by atoms with Crippen LogP contribution in [-0.4, -0.2) is 23.8 Å². The van der Waals surface area contributed by atoms with Crippen molar-refractivity contribution in [2.75, 3.05) is 23.3 Å². The summed E-state index contributed by atoms with van der Waals surface area (Å²) >= 11 is 0. The molecule has 1 N–H and O–H groups in total. The number of nitrogens with one attached hydrogen (secondary N) is 1. The second kappa shape index (κ2) is 8.49. The van der Waals surface area contributed by atoms with Crippen LogP contribution in [0.2, 0.25) is 0 Å². The molecule has 6 heteroatoms. The Kier molecular flexibility index (Phi) is 5.62. The molecule has 0 aliphatic carbocycles. The smallest absolute Gasteiger partial charge is 0.255 e. The van der Waals surface area contributed by atoms with Gasteiger partial charge in [-0.15, -0.1) is 0 Å². The summed E-state index contributed by atoms with van der Waals surface area (Å²) in [5.41, 5.74) is 3.45. The fourth-order valence-corrected chi connectivity index (χ4v) is 4.67. The Morgan fingerprint density at radius 2 is 1.72 bits per heavy atom. The number of carbonyl (C=O) groups excluding carboxylic acids is 1. The molecule has 1 unspecified atom stereocenters. The van der Waals surface area contributed by atoms with E-state index in [9.17, 15) is 9.00 Å². The molecule has 5 nitrogen and oxygen atoms in total. The van der Waals surface area contributed by atoms with E-state index in [1.165, 1.54) is 5.56 Å². The summed E-state index contributed by atoms with van der Waals surface area (Å²) in [6.07, 6.45) is 1.99. The van der Waals surface area contributed by atoms with Gasteiger partial charge in [0.25, 0.3) is 5.91 Å². The molecular weight excluding hydrogens is 384 g/mol. The lowest BCUT2D eigenvalue weighted by Crippen LogP contribution is -2.31. The summed E-state index contributed by atoms with van der Waals surface area (Å²) in [5.74, 6) is 0.518. The van der Waals surface area contributed by atoms with Gasteiger partial charge in [-0.25, -0.2) is 4.21 Å². The lowest BCUT2D eigenvalue weighted by molar-refractivity contribution is 0.102. The van der Waals surface area contributed by atoms with Crippen LogP contribution in [-0.2, 0) is 17.4 Å². The summed E-state index contributed by atoms with van der Waals surface area (Å²) in [4.78, 5) is 13.2. The van der Waals surface area contributed by atoms with Gasteiger partial charge in [0.2, 0.25) is 0 Å². The molecule has 1 amide bonds. The maximum absolute atomic E-state index is 13.1. The van der Waals surface area contributed by atoms with Crippen molar-refractivity contribution in [3.63, 3.8) is 0 Å². The molecule has 0 fully saturated rings. The fraction of sp³-hybridized carbons (Fsp3) is 0.174. The van der Waals surface area contributed by atoms with E-state index in [1.54, 1.807) is 55.6 Å². The number of benzene rings is 3. The number of methoxy groups -OCH3 is 1. The van der Waals surface area contributed by atoms with E-state index in [4.69, 9.17) is 4.74 Å². The fourth-order valence-electron chi connectivity index (χ4n) is 3.40. The predicted molar refractivity (Wildman–Crippen MR) is 116 cm³/mol. The van der Waals surface area contributed by atoms with Gasteiger partial charge in [0.15, 0.2) is 11.0 Å². The van der Waals surface area contributed by atoms with Crippen LogP contribution in [0.25, 0.3) is 0 Å². The van der Waals surface area contributed by atoms with E-state index in [1.807, 2.05) is 22.5 Å². The van der Waals surface area contributed by atoms with Crippen molar-refractivity contribution in [3.05, 3.63) is 83.9 Å². The molecule has 3 aromatic rings. The van der Waals surface area contributed by atoms with E-state index in [0.717, 1.165) is 30.8 Å². The second-order valence-electron chi connectivity index (χ2n) is 6.79. The zero-order valence-electron chi connectivity index (χ0n) is 16.1. The summed E-state index contributed by atoms with van der Waals surface area (Å²) in [7, 11) is 0.292. The van der Waals surface area contributed by atoms with Gasteiger partial charge < -0.3 is 10.1 Å². The number of hydrogen-bond donors (Lipinski definition) is 1. The molecule has 3 aromatic carbocycles. The Labute approximate surface area is 172 Å². The number of anilines is 2. The van der Waals surface area contributed by atoms with Crippen molar-refractivity contribution in [1.29, 1.82) is 0 Å². The Hall–Kier alpha value is -3.12. The maximum atomic E-state index is 13.1. The summed E-state index contributed by atoms with van der Waals surface area (Å²) < 4.78 is 20.2. The molecule has 0 saturated heterocycles. The van der Waals surface area contributed by atoms with Gasteiger partial charge in [-0.3, -0.25) is 9.10 Å². The van der Waals surface area contributed by atoms with Crippen molar-refractivity contribution in [3.8, 4) is 5.75 Å². The monoisotopic (exact) mass is 406 g/mol. The zero-order valence-corrected chi connectivity index (χ0v) is 16.9. The average Bonchev–Trinajstić information content (AvgIpc) is 2.79. The van der Waals surface area contributed by atoms with Crippen LogP contribution in [0.3, 0.4) is 0 Å². The van der Waals surface area contributed by atoms with E-state index in [2.05, 4.69) is 11.4 Å². The Bertz CT molecular complexity index is 1030. The minimum absolute atomic E-state index is 0.212. The second-order valence-corrected chi connectivity index (χ2v) is 8.20. The molecule has 0 saturated carbocycles. The van der Waals surface area contributed by atoms with E-state index < -0.39 is 11.0 Å².